The summed E-state index contributed by atoms with van der Waals surface area (Å²) in [6, 6.07) is 23.3. The summed E-state index contributed by atoms with van der Waals surface area (Å²) >= 11 is 1.44. The standard InChI is InChI=1S/C44H54N6O8S/c1-28(27-57-22-21-56-20-19-53-5)46-42(51)34-14-13-30(25-39(34)54-6)47-40-26-31(17-18-45-40)58-38-16-15-35(32-11-9-10-12-33(32)38)48-43(52)49-36-23-29(44(2,3)4)24-37(50-59-8)41(36)55-7/h9-18,23-26,28,50H,19-22,27H2,1-8H3,(H,45,47)(H,46,51)(H2,48,49,52). The predicted octanol–water partition coefficient (Wildman–Crippen LogP) is 9.22. The molecule has 0 saturated heterocycles. The first-order chi connectivity index (χ1) is 28.4. The van der Waals surface area contributed by atoms with Crippen LogP contribution in [0.4, 0.5) is 33.4 Å². The number of rotatable bonds is 20. The molecule has 0 aliphatic heterocycles. The van der Waals surface area contributed by atoms with Crippen molar-refractivity contribution in [2.75, 3.05) is 81.3 Å². The van der Waals surface area contributed by atoms with E-state index >= 15 is 0 Å². The van der Waals surface area contributed by atoms with Gasteiger partial charge >= 0.3 is 6.03 Å². The van der Waals surface area contributed by atoms with Crippen LogP contribution in [0.3, 0.4) is 0 Å². The van der Waals surface area contributed by atoms with Gasteiger partial charge < -0.3 is 54.4 Å². The quantitative estimate of drug-likeness (QED) is 0.0374. The van der Waals surface area contributed by atoms with Gasteiger partial charge in [0.1, 0.15) is 23.1 Å². The average Bonchev–Trinajstić information content (AvgIpc) is 3.21. The van der Waals surface area contributed by atoms with E-state index in [1.54, 1.807) is 56.8 Å². The molecular weight excluding hydrogens is 773 g/mol. The highest BCUT2D eigenvalue weighted by Crippen LogP contribution is 2.40. The van der Waals surface area contributed by atoms with E-state index in [4.69, 9.17) is 28.4 Å². The van der Waals surface area contributed by atoms with E-state index < -0.39 is 6.03 Å². The minimum absolute atomic E-state index is 0.165. The van der Waals surface area contributed by atoms with Gasteiger partial charge in [0, 0.05) is 54.2 Å². The molecule has 0 aliphatic rings. The largest absolute Gasteiger partial charge is 0.496 e. The predicted molar refractivity (Wildman–Crippen MR) is 236 cm³/mol. The molecule has 1 heterocycles. The fraction of sp³-hybridized carbons (Fsp3) is 0.341. The zero-order chi connectivity index (χ0) is 42.4. The van der Waals surface area contributed by atoms with Crippen LogP contribution in [-0.2, 0) is 19.6 Å². The third kappa shape index (κ3) is 12.4. The van der Waals surface area contributed by atoms with Gasteiger partial charge in [-0.2, -0.15) is 0 Å². The van der Waals surface area contributed by atoms with Crippen molar-refractivity contribution in [2.24, 2.45) is 0 Å². The van der Waals surface area contributed by atoms with Gasteiger partial charge in [-0.05, 0) is 60.4 Å². The molecule has 5 N–H and O–H groups in total. The van der Waals surface area contributed by atoms with E-state index in [9.17, 15) is 9.59 Å². The molecule has 1 aromatic heterocycles. The van der Waals surface area contributed by atoms with Crippen LogP contribution in [0.5, 0.6) is 23.0 Å². The van der Waals surface area contributed by atoms with Crippen LogP contribution in [-0.4, -0.2) is 83.6 Å². The molecule has 59 heavy (non-hydrogen) atoms. The molecule has 1 atom stereocenters. The fourth-order valence-electron chi connectivity index (χ4n) is 6.05. The van der Waals surface area contributed by atoms with Gasteiger partial charge in [-0.15, -0.1) is 0 Å². The molecule has 0 spiro atoms. The number of aromatic nitrogens is 1. The van der Waals surface area contributed by atoms with E-state index in [-0.39, 0.29) is 17.4 Å². The molecule has 0 saturated carbocycles. The molecule has 15 heteroatoms. The molecule has 0 aliphatic carbocycles. The molecule has 0 radical (unpaired) electrons. The summed E-state index contributed by atoms with van der Waals surface area (Å²) in [5.74, 6) is 2.27. The van der Waals surface area contributed by atoms with Crippen molar-refractivity contribution >= 4 is 63.2 Å². The highest BCUT2D eigenvalue weighted by Gasteiger charge is 2.22. The van der Waals surface area contributed by atoms with Gasteiger partial charge in [-0.25, -0.2) is 9.78 Å². The van der Waals surface area contributed by atoms with Crippen molar-refractivity contribution in [2.45, 2.75) is 39.2 Å². The molecule has 4 aromatic carbocycles. The maximum absolute atomic E-state index is 13.5. The third-order valence-corrected chi connectivity index (χ3v) is 9.40. The van der Waals surface area contributed by atoms with Crippen molar-refractivity contribution in [1.29, 1.82) is 0 Å². The SMILES string of the molecule is COCCOCCOCC(C)NC(=O)c1ccc(Nc2cc(Oc3ccc(NC(=O)Nc4cc(C(C)(C)C)cc(NSC)c4OC)c4ccccc34)ccn2)cc1OC. The summed E-state index contributed by atoms with van der Waals surface area (Å²) in [6.45, 7) is 10.4. The Labute approximate surface area is 350 Å². The lowest BCUT2D eigenvalue weighted by atomic mass is 9.86. The molecule has 14 nitrogen and oxygen atoms in total. The second-order valence-corrected chi connectivity index (χ2v) is 15.1. The Morgan fingerprint density at radius 3 is 2.24 bits per heavy atom. The first kappa shape index (κ1) is 44.4. The van der Waals surface area contributed by atoms with Crippen molar-refractivity contribution in [3.63, 3.8) is 0 Å². The number of nitrogens with zero attached hydrogens (tertiary/aromatic N) is 1. The van der Waals surface area contributed by atoms with Crippen LogP contribution in [0, 0.1) is 0 Å². The van der Waals surface area contributed by atoms with E-state index in [1.165, 1.54) is 19.1 Å². The van der Waals surface area contributed by atoms with Gasteiger partial charge in [0.05, 0.1) is 69.9 Å². The van der Waals surface area contributed by atoms with Gasteiger partial charge in [0.15, 0.2) is 5.75 Å². The lowest BCUT2D eigenvalue weighted by Gasteiger charge is -2.24. The fourth-order valence-corrected chi connectivity index (χ4v) is 6.42. The van der Waals surface area contributed by atoms with Crippen LogP contribution < -0.4 is 40.2 Å². The monoisotopic (exact) mass is 826 g/mol. The van der Waals surface area contributed by atoms with E-state index in [1.807, 2.05) is 55.6 Å². The zero-order valence-corrected chi connectivity index (χ0v) is 35.6. The maximum atomic E-state index is 13.5. The molecular formula is C44H54N6O8S. The van der Waals surface area contributed by atoms with Crippen LogP contribution in [0.1, 0.15) is 43.6 Å². The number of nitrogens with one attached hydrogen (secondary N) is 5. The number of carbonyl (C=O) groups excluding carboxylic acids is 2. The highest BCUT2D eigenvalue weighted by molar-refractivity contribution is 7.99. The van der Waals surface area contributed by atoms with Crippen molar-refractivity contribution in [3.05, 3.63) is 96.2 Å². The number of urea groups is 1. The Hall–Kier alpha value is -5.74. The molecule has 3 amide bonds. The number of methoxy groups -OCH3 is 3. The second kappa shape index (κ2) is 21.3. The highest BCUT2D eigenvalue weighted by atomic mass is 32.2. The lowest BCUT2D eigenvalue weighted by molar-refractivity contribution is 0.0204. The van der Waals surface area contributed by atoms with E-state index in [0.717, 1.165) is 22.0 Å². The Morgan fingerprint density at radius 1 is 0.780 bits per heavy atom. The average molecular weight is 827 g/mol. The summed E-state index contributed by atoms with van der Waals surface area (Å²) < 4.78 is 36.9. The molecule has 0 bridgehead atoms. The number of hydrogen-bond acceptors (Lipinski definition) is 12. The minimum Gasteiger partial charge on any atom is -0.496 e. The maximum Gasteiger partial charge on any atom is 0.323 e. The number of amides is 3. The van der Waals surface area contributed by atoms with E-state index in [0.29, 0.717) is 84.5 Å². The molecule has 5 aromatic rings. The first-order valence-electron chi connectivity index (χ1n) is 19.1. The Bertz CT molecular complexity index is 2200. The Morgan fingerprint density at radius 2 is 1.51 bits per heavy atom. The third-order valence-electron chi connectivity index (χ3n) is 8.98. The molecule has 314 valence electrons. The number of benzene rings is 4. The smallest absolute Gasteiger partial charge is 0.323 e. The zero-order valence-electron chi connectivity index (χ0n) is 34.8. The molecule has 1 unspecified atom stereocenters. The minimum atomic E-state index is -0.422. The number of carbonyl (C=O) groups is 2. The van der Waals surface area contributed by atoms with Crippen LogP contribution >= 0.6 is 11.9 Å². The summed E-state index contributed by atoms with van der Waals surface area (Å²) in [5, 5.41) is 13.8. The summed E-state index contributed by atoms with van der Waals surface area (Å²) in [7, 11) is 4.71. The van der Waals surface area contributed by atoms with Gasteiger partial charge in [-0.3, -0.25) is 4.79 Å². The normalized spacial score (nSPS) is 11.7. The molecule has 5 rings (SSSR count). The van der Waals surface area contributed by atoms with Crippen LogP contribution in [0.25, 0.3) is 10.8 Å². The van der Waals surface area contributed by atoms with Gasteiger partial charge in [-0.1, -0.05) is 57.0 Å². The first-order valence-corrected chi connectivity index (χ1v) is 20.3. The summed E-state index contributed by atoms with van der Waals surface area (Å²) in [5.41, 5.74) is 3.83. The number of ether oxygens (including phenoxy) is 6. The van der Waals surface area contributed by atoms with Crippen molar-refractivity contribution in [1.82, 2.24) is 10.3 Å². The molecule has 0 fully saturated rings. The topological polar surface area (TPSA) is 163 Å². The van der Waals surface area contributed by atoms with Crippen molar-refractivity contribution in [3.8, 4) is 23.0 Å². The van der Waals surface area contributed by atoms with Gasteiger partial charge in [0.2, 0.25) is 0 Å². The van der Waals surface area contributed by atoms with E-state index in [2.05, 4.69) is 51.7 Å². The van der Waals surface area contributed by atoms with Crippen molar-refractivity contribution < 1.29 is 38.0 Å². The Balaban J connectivity index is 1.25. The number of pyridine rings is 1. The number of anilines is 5. The summed E-state index contributed by atoms with van der Waals surface area (Å²) in [4.78, 5) is 31.1. The van der Waals surface area contributed by atoms with Crippen LogP contribution in [0.2, 0.25) is 0 Å². The van der Waals surface area contributed by atoms with Gasteiger partial charge in [0.25, 0.3) is 5.91 Å². The number of hydrogen-bond donors (Lipinski definition) is 5. The second-order valence-electron chi connectivity index (χ2n) is 14.5. The number of fused-ring (bicyclic) bond motifs is 1. The lowest BCUT2D eigenvalue weighted by Crippen LogP contribution is -2.36. The Kier molecular flexibility index (Phi) is 16.0. The van der Waals surface area contributed by atoms with Crippen LogP contribution in [0.15, 0.2) is 85.1 Å². The summed E-state index contributed by atoms with van der Waals surface area (Å²) in [6.07, 6.45) is 3.57.